The Hall–Kier alpha value is -2.54. The van der Waals surface area contributed by atoms with Gasteiger partial charge in [-0.2, -0.15) is 5.10 Å². The molecule has 0 saturated carbocycles. The van der Waals surface area contributed by atoms with Crippen LogP contribution in [0, 0.1) is 0 Å². The number of piperidine rings is 1. The molecule has 0 aliphatic carbocycles. The number of halogens is 1. The summed E-state index contributed by atoms with van der Waals surface area (Å²) in [5, 5.41) is 7.65. The predicted octanol–water partition coefficient (Wildman–Crippen LogP) is 3.18. The first-order valence-electron chi connectivity index (χ1n) is 10.1. The summed E-state index contributed by atoms with van der Waals surface area (Å²) in [6, 6.07) is 9.02. The van der Waals surface area contributed by atoms with E-state index in [4.69, 9.17) is 16.3 Å². The van der Waals surface area contributed by atoms with Gasteiger partial charge in [0.1, 0.15) is 17.5 Å². The Morgan fingerprint density at radius 1 is 1.28 bits per heavy atom. The topological polar surface area (TPSA) is 76.5 Å². The average Bonchev–Trinajstić information content (AvgIpc) is 2.74. The zero-order valence-electron chi connectivity index (χ0n) is 16.6. The van der Waals surface area contributed by atoms with E-state index in [1.807, 2.05) is 18.2 Å². The number of rotatable bonds is 8. The first-order valence-corrected chi connectivity index (χ1v) is 10.4. The van der Waals surface area contributed by atoms with Crippen molar-refractivity contribution in [2.45, 2.75) is 45.3 Å². The van der Waals surface area contributed by atoms with Gasteiger partial charge in [0.25, 0.3) is 5.56 Å². The Morgan fingerprint density at radius 3 is 2.76 bits per heavy atom. The van der Waals surface area contributed by atoms with Gasteiger partial charge in [-0.15, -0.1) is 0 Å². The fourth-order valence-corrected chi connectivity index (χ4v) is 3.46. The molecule has 1 aromatic carbocycles. The Bertz CT molecular complexity index is 878. The highest BCUT2D eigenvalue weighted by Crippen LogP contribution is 2.26. The van der Waals surface area contributed by atoms with Crippen LogP contribution in [-0.2, 0) is 11.3 Å². The van der Waals surface area contributed by atoms with E-state index in [0.717, 1.165) is 25.7 Å². The fraction of sp³-hybridized carbons (Fsp3) is 0.476. The summed E-state index contributed by atoms with van der Waals surface area (Å²) in [4.78, 5) is 26.7. The number of carbonyl (C=O) groups excluding carboxylic acids is 1. The van der Waals surface area contributed by atoms with Gasteiger partial charge in [0.05, 0.1) is 11.6 Å². The molecule has 0 unspecified atom stereocenters. The van der Waals surface area contributed by atoms with Crippen LogP contribution < -0.4 is 15.6 Å². The number of ether oxygens (including phenoxy) is 1. The number of benzene rings is 1. The molecular weight excluding hydrogens is 392 g/mol. The molecular formula is C21H27ClN4O3. The Balaban J connectivity index is 1.48. The lowest BCUT2D eigenvalue weighted by molar-refractivity contribution is -0.131. The molecule has 2 heterocycles. The van der Waals surface area contributed by atoms with Crippen LogP contribution in [-0.4, -0.2) is 46.3 Å². The van der Waals surface area contributed by atoms with Crippen molar-refractivity contribution < 1.29 is 9.53 Å². The Morgan fingerprint density at radius 2 is 2.03 bits per heavy atom. The summed E-state index contributed by atoms with van der Waals surface area (Å²) in [5.74, 6) is 0.648. The number of nitrogens with one attached hydrogen (secondary N) is 1. The molecule has 1 aliphatic rings. The molecule has 1 amide bonds. The molecule has 0 atom stereocenters. The van der Waals surface area contributed by atoms with Gasteiger partial charge in [-0.25, -0.2) is 4.68 Å². The van der Waals surface area contributed by atoms with Crippen molar-refractivity contribution in [3.05, 3.63) is 51.9 Å². The number of para-hydroxylation sites is 1. The number of nitrogens with zero attached hydrogens (tertiary/aromatic N) is 3. The molecule has 7 nitrogen and oxygen atoms in total. The van der Waals surface area contributed by atoms with Crippen molar-refractivity contribution in [3.63, 3.8) is 0 Å². The van der Waals surface area contributed by atoms with E-state index in [9.17, 15) is 9.59 Å². The maximum absolute atomic E-state index is 12.5. The third-order valence-electron chi connectivity index (χ3n) is 4.99. The quantitative estimate of drug-likeness (QED) is 0.712. The van der Waals surface area contributed by atoms with Gasteiger partial charge in [0, 0.05) is 38.7 Å². The minimum absolute atomic E-state index is 0.0301. The normalized spacial score (nSPS) is 14.6. The monoisotopic (exact) mass is 418 g/mol. The first kappa shape index (κ1) is 21.2. The van der Waals surface area contributed by atoms with Crippen molar-refractivity contribution in [3.8, 4) is 5.75 Å². The lowest BCUT2D eigenvalue weighted by atomic mass is 10.1. The number of aromatic nitrogens is 2. The number of anilines is 1. The molecule has 1 saturated heterocycles. The maximum atomic E-state index is 12.5. The zero-order chi connectivity index (χ0) is 20.6. The summed E-state index contributed by atoms with van der Waals surface area (Å²) >= 11 is 6.14. The molecule has 1 fully saturated rings. The summed E-state index contributed by atoms with van der Waals surface area (Å²) < 4.78 is 7.41. The van der Waals surface area contributed by atoms with Gasteiger partial charge in [-0.3, -0.25) is 9.59 Å². The number of unbranched alkanes of at least 4 members (excludes halogenated alkanes) is 1. The Kier molecular flexibility index (Phi) is 7.52. The lowest BCUT2D eigenvalue weighted by Gasteiger charge is -2.32. The number of amides is 1. The standard InChI is InChI=1S/C21H27ClN4O3/c1-2-3-12-26-21(28)18(8-11-24-26)23-15-20(27)25-13-9-16(10-14-25)29-19-7-5-4-6-17(19)22/h4-8,11,16,23H,2-3,9-10,12-15H2,1H3. The number of hydrogen-bond donors (Lipinski definition) is 1. The minimum Gasteiger partial charge on any atom is -0.489 e. The molecule has 1 aliphatic heterocycles. The largest absolute Gasteiger partial charge is 0.489 e. The van der Waals surface area contributed by atoms with E-state index in [-0.39, 0.29) is 24.1 Å². The van der Waals surface area contributed by atoms with Gasteiger partial charge in [-0.1, -0.05) is 37.1 Å². The molecule has 0 spiro atoms. The van der Waals surface area contributed by atoms with E-state index in [1.165, 1.54) is 4.68 Å². The number of aryl methyl sites for hydroxylation is 1. The molecule has 156 valence electrons. The zero-order valence-corrected chi connectivity index (χ0v) is 17.4. The van der Waals surface area contributed by atoms with Crippen LogP contribution in [0.4, 0.5) is 5.69 Å². The smallest absolute Gasteiger partial charge is 0.290 e. The first-order chi connectivity index (χ1) is 14.1. The van der Waals surface area contributed by atoms with Gasteiger partial charge in [-0.05, 0) is 24.6 Å². The Labute approximate surface area is 175 Å². The van der Waals surface area contributed by atoms with E-state index in [0.29, 0.717) is 36.1 Å². The second-order valence-corrected chi connectivity index (χ2v) is 7.52. The van der Waals surface area contributed by atoms with Crippen molar-refractivity contribution in [2.24, 2.45) is 0 Å². The fourth-order valence-electron chi connectivity index (χ4n) is 3.28. The average molecular weight is 419 g/mol. The highest BCUT2D eigenvalue weighted by Gasteiger charge is 2.24. The highest BCUT2D eigenvalue weighted by atomic mass is 35.5. The molecule has 0 bridgehead atoms. The molecule has 1 aromatic heterocycles. The van der Waals surface area contributed by atoms with Gasteiger partial charge >= 0.3 is 0 Å². The summed E-state index contributed by atoms with van der Waals surface area (Å²) in [6.45, 7) is 3.97. The summed E-state index contributed by atoms with van der Waals surface area (Å²) in [7, 11) is 0. The van der Waals surface area contributed by atoms with Crippen LogP contribution in [0.3, 0.4) is 0 Å². The molecule has 3 rings (SSSR count). The number of carbonyl (C=O) groups is 1. The molecule has 1 N–H and O–H groups in total. The van der Waals surface area contributed by atoms with Crippen LogP contribution >= 0.6 is 11.6 Å². The van der Waals surface area contributed by atoms with Crippen molar-refractivity contribution in [2.75, 3.05) is 25.0 Å². The molecule has 29 heavy (non-hydrogen) atoms. The maximum Gasteiger partial charge on any atom is 0.290 e. The SMILES string of the molecule is CCCCn1nccc(NCC(=O)N2CCC(Oc3ccccc3Cl)CC2)c1=O. The van der Waals surface area contributed by atoms with Gasteiger partial charge < -0.3 is 15.0 Å². The van der Waals surface area contributed by atoms with E-state index in [2.05, 4.69) is 17.3 Å². The third-order valence-corrected chi connectivity index (χ3v) is 5.30. The van der Waals surface area contributed by atoms with Crippen LogP contribution in [0.15, 0.2) is 41.3 Å². The minimum atomic E-state index is -0.194. The lowest BCUT2D eigenvalue weighted by Crippen LogP contribution is -2.44. The summed E-state index contributed by atoms with van der Waals surface area (Å²) in [6.07, 6.45) is 4.99. The number of likely N-dealkylation sites (tertiary alicyclic amines) is 1. The molecule has 0 radical (unpaired) electrons. The van der Waals surface area contributed by atoms with Crippen molar-refractivity contribution in [1.29, 1.82) is 0 Å². The van der Waals surface area contributed by atoms with E-state index >= 15 is 0 Å². The van der Waals surface area contributed by atoms with Gasteiger partial charge in [0.2, 0.25) is 5.91 Å². The van der Waals surface area contributed by atoms with Crippen LogP contribution in [0.2, 0.25) is 5.02 Å². The van der Waals surface area contributed by atoms with Crippen molar-refractivity contribution in [1.82, 2.24) is 14.7 Å². The summed E-state index contributed by atoms with van der Waals surface area (Å²) in [5.41, 5.74) is 0.210. The third kappa shape index (κ3) is 5.73. The van der Waals surface area contributed by atoms with Gasteiger partial charge in [0.15, 0.2) is 0 Å². The van der Waals surface area contributed by atoms with Crippen LogP contribution in [0.25, 0.3) is 0 Å². The van der Waals surface area contributed by atoms with Crippen LogP contribution in [0.5, 0.6) is 5.75 Å². The predicted molar refractivity (Wildman–Crippen MR) is 114 cm³/mol. The second kappa shape index (κ2) is 10.3. The van der Waals surface area contributed by atoms with E-state index in [1.54, 1.807) is 23.2 Å². The highest BCUT2D eigenvalue weighted by molar-refractivity contribution is 6.32. The molecule has 8 heteroatoms. The van der Waals surface area contributed by atoms with Crippen molar-refractivity contribution >= 4 is 23.2 Å². The number of hydrogen-bond acceptors (Lipinski definition) is 5. The molecule has 2 aromatic rings. The van der Waals surface area contributed by atoms with E-state index < -0.39 is 0 Å². The van der Waals surface area contributed by atoms with Crippen LogP contribution in [0.1, 0.15) is 32.6 Å². The second-order valence-electron chi connectivity index (χ2n) is 7.11.